The number of nitrogens with zero attached hydrogens (tertiary/aromatic N) is 1. The first kappa shape index (κ1) is 10.4. The highest BCUT2D eigenvalue weighted by atomic mass is 16.1. The first-order chi connectivity index (χ1) is 7.83. The fraction of sp³-hybridized carbons (Fsp3) is 0.0714. The average Bonchev–Trinajstić information content (AvgIpc) is 2.31. The van der Waals surface area contributed by atoms with E-state index in [1.807, 2.05) is 55.5 Å². The maximum absolute atomic E-state index is 11.8. The lowest BCUT2D eigenvalue weighted by Crippen LogP contribution is -2.18. The molecule has 0 unspecified atom stereocenters. The fourth-order valence-corrected chi connectivity index (χ4v) is 1.66. The van der Waals surface area contributed by atoms with Crippen LogP contribution in [0.15, 0.2) is 59.4 Å². The van der Waals surface area contributed by atoms with E-state index in [1.165, 1.54) is 0 Å². The van der Waals surface area contributed by atoms with Crippen molar-refractivity contribution in [3.05, 3.63) is 70.7 Å². The van der Waals surface area contributed by atoms with Crippen LogP contribution in [0.3, 0.4) is 0 Å². The van der Waals surface area contributed by atoms with E-state index in [0.717, 1.165) is 11.4 Å². The molecule has 0 aliphatic rings. The largest absolute Gasteiger partial charge is 0.278 e. The molecule has 2 nitrogen and oxygen atoms in total. The van der Waals surface area contributed by atoms with Crippen molar-refractivity contribution in [2.75, 3.05) is 0 Å². The molecule has 0 aliphatic carbocycles. The summed E-state index contributed by atoms with van der Waals surface area (Å²) in [5, 5.41) is 0. The maximum atomic E-state index is 11.8. The summed E-state index contributed by atoms with van der Waals surface area (Å²) in [6, 6.07) is 14.9. The van der Waals surface area contributed by atoms with Gasteiger partial charge in [0.25, 0.3) is 5.56 Å². The van der Waals surface area contributed by atoms with Gasteiger partial charge in [0, 0.05) is 17.4 Å². The summed E-state index contributed by atoms with van der Waals surface area (Å²) in [6.07, 6.45) is 3.85. The van der Waals surface area contributed by atoms with E-state index >= 15 is 0 Å². The SMILES string of the molecule is CC=Cc1cccc(=O)n1-c1ccccc1. The van der Waals surface area contributed by atoms with Gasteiger partial charge in [-0.25, -0.2) is 0 Å². The Morgan fingerprint density at radius 1 is 1.00 bits per heavy atom. The fourth-order valence-electron chi connectivity index (χ4n) is 1.66. The highest BCUT2D eigenvalue weighted by Gasteiger charge is 2.01. The summed E-state index contributed by atoms with van der Waals surface area (Å²) in [6.45, 7) is 1.94. The number of allylic oxidation sites excluding steroid dienone is 1. The average molecular weight is 211 g/mol. The van der Waals surface area contributed by atoms with Crippen molar-refractivity contribution in [2.45, 2.75) is 6.92 Å². The molecular weight excluding hydrogens is 198 g/mol. The molecule has 0 fully saturated rings. The number of aromatic nitrogens is 1. The van der Waals surface area contributed by atoms with Gasteiger partial charge in [0.1, 0.15) is 0 Å². The minimum Gasteiger partial charge on any atom is -0.278 e. The number of benzene rings is 1. The molecule has 2 aromatic rings. The number of pyridine rings is 1. The van der Waals surface area contributed by atoms with E-state index in [4.69, 9.17) is 0 Å². The summed E-state index contributed by atoms with van der Waals surface area (Å²) < 4.78 is 1.69. The van der Waals surface area contributed by atoms with Crippen molar-refractivity contribution in [1.82, 2.24) is 4.57 Å². The van der Waals surface area contributed by atoms with Gasteiger partial charge in [-0.05, 0) is 31.2 Å². The molecule has 0 amide bonds. The quantitative estimate of drug-likeness (QED) is 0.748. The zero-order valence-corrected chi connectivity index (χ0v) is 9.13. The predicted octanol–water partition coefficient (Wildman–Crippen LogP) is 2.87. The van der Waals surface area contributed by atoms with Gasteiger partial charge in [-0.1, -0.05) is 30.3 Å². The molecule has 2 heteroatoms. The molecule has 80 valence electrons. The molecule has 2 rings (SSSR count). The van der Waals surface area contributed by atoms with Gasteiger partial charge in [-0.15, -0.1) is 0 Å². The highest BCUT2D eigenvalue weighted by molar-refractivity contribution is 5.49. The molecule has 0 radical (unpaired) electrons. The predicted molar refractivity (Wildman–Crippen MR) is 66.7 cm³/mol. The van der Waals surface area contributed by atoms with E-state index in [2.05, 4.69) is 0 Å². The Bertz CT molecular complexity index is 552. The molecule has 0 N–H and O–H groups in total. The Kier molecular flexibility index (Phi) is 3.01. The van der Waals surface area contributed by atoms with Crippen LogP contribution in [0.25, 0.3) is 11.8 Å². The van der Waals surface area contributed by atoms with Crippen LogP contribution >= 0.6 is 0 Å². The van der Waals surface area contributed by atoms with Gasteiger partial charge in [0.2, 0.25) is 0 Å². The number of rotatable bonds is 2. The lowest BCUT2D eigenvalue weighted by atomic mass is 10.2. The zero-order valence-electron chi connectivity index (χ0n) is 9.13. The molecule has 0 saturated heterocycles. The summed E-state index contributed by atoms with van der Waals surface area (Å²) in [7, 11) is 0. The van der Waals surface area contributed by atoms with Crippen molar-refractivity contribution in [2.24, 2.45) is 0 Å². The zero-order chi connectivity index (χ0) is 11.4. The van der Waals surface area contributed by atoms with Crippen LogP contribution in [0.1, 0.15) is 12.6 Å². The lowest BCUT2D eigenvalue weighted by molar-refractivity contribution is 0.974. The molecule has 0 aliphatic heterocycles. The van der Waals surface area contributed by atoms with Crippen LogP contribution in [0.2, 0.25) is 0 Å². The lowest BCUT2D eigenvalue weighted by Gasteiger charge is -2.09. The minimum absolute atomic E-state index is 0.0122. The summed E-state index contributed by atoms with van der Waals surface area (Å²) in [4.78, 5) is 11.8. The van der Waals surface area contributed by atoms with E-state index < -0.39 is 0 Å². The van der Waals surface area contributed by atoms with E-state index in [0.29, 0.717) is 0 Å². The van der Waals surface area contributed by atoms with Crippen LogP contribution in [-0.4, -0.2) is 4.57 Å². The number of hydrogen-bond donors (Lipinski definition) is 0. The highest BCUT2D eigenvalue weighted by Crippen LogP contribution is 2.09. The Hall–Kier alpha value is -2.09. The Labute approximate surface area is 94.5 Å². The van der Waals surface area contributed by atoms with Gasteiger partial charge in [-0.3, -0.25) is 9.36 Å². The second-order valence-corrected chi connectivity index (χ2v) is 3.46. The van der Waals surface area contributed by atoms with E-state index in [1.54, 1.807) is 16.7 Å². The second kappa shape index (κ2) is 4.62. The second-order valence-electron chi connectivity index (χ2n) is 3.46. The van der Waals surface area contributed by atoms with Crippen molar-refractivity contribution in [3.8, 4) is 5.69 Å². The Morgan fingerprint density at radius 3 is 2.44 bits per heavy atom. The number of hydrogen-bond acceptors (Lipinski definition) is 1. The molecular formula is C14H13NO. The molecule has 0 saturated carbocycles. The Morgan fingerprint density at radius 2 is 1.75 bits per heavy atom. The maximum Gasteiger partial charge on any atom is 0.255 e. The third kappa shape index (κ3) is 1.96. The van der Waals surface area contributed by atoms with Crippen molar-refractivity contribution >= 4 is 6.08 Å². The van der Waals surface area contributed by atoms with Crippen molar-refractivity contribution < 1.29 is 0 Å². The summed E-state index contributed by atoms with van der Waals surface area (Å²) >= 11 is 0. The normalized spacial score (nSPS) is 10.8. The van der Waals surface area contributed by atoms with E-state index in [9.17, 15) is 4.79 Å². The standard InChI is InChI=1S/C14H13NO/c1-2-7-12-10-6-11-14(16)15(12)13-8-4-3-5-9-13/h2-11H,1H3. The van der Waals surface area contributed by atoms with Crippen LogP contribution in [0.4, 0.5) is 0 Å². The van der Waals surface area contributed by atoms with Gasteiger partial charge >= 0.3 is 0 Å². The summed E-state index contributed by atoms with van der Waals surface area (Å²) in [5.74, 6) is 0. The molecule has 0 atom stereocenters. The van der Waals surface area contributed by atoms with E-state index in [-0.39, 0.29) is 5.56 Å². The van der Waals surface area contributed by atoms with Gasteiger partial charge in [0.15, 0.2) is 0 Å². The molecule has 1 heterocycles. The minimum atomic E-state index is -0.0122. The van der Waals surface area contributed by atoms with Gasteiger partial charge in [-0.2, -0.15) is 0 Å². The van der Waals surface area contributed by atoms with Crippen molar-refractivity contribution in [1.29, 1.82) is 0 Å². The van der Waals surface area contributed by atoms with Gasteiger partial charge < -0.3 is 0 Å². The van der Waals surface area contributed by atoms with Gasteiger partial charge in [0.05, 0.1) is 0 Å². The van der Waals surface area contributed by atoms with Crippen LogP contribution in [0, 0.1) is 0 Å². The third-order valence-electron chi connectivity index (χ3n) is 2.34. The topological polar surface area (TPSA) is 22.0 Å². The van der Waals surface area contributed by atoms with Crippen LogP contribution in [-0.2, 0) is 0 Å². The monoisotopic (exact) mass is 211 g/mol. The molecule has 16 heavy (non-hydrogen) atoms. The first-order valence-corrected chi connectivity index (χ1v) is 5.23. The smallest absolute Gasteiger partial charge is 0.255 e. The third-order valence-corrected chi connectivity index (χ3v) is 2.34. The van der Waals surface area contributed by atoms with Crippen LogP contribution < -0.4 is 5.56 Å². The molecule has 0 bridgehead atoms. The Balaban J connectivity index is 2.68. The summed E-state index contributed by atoms with van der Waals surface area (Å²) in [5.41, 5.74) is 1.77. The number of para-hydroxylation sites is 1. The van der Waals surface area contributed by atoms with Crippen LogP contribution in [0.5, 0.6) is 0 Å². The van der Waals surface area contributed by atoms with Crippen molar-refractivity contribution in [3.63, 3.8) is 0 Å². The first-order valence-electron chi connectivity index (χ1n) is 5.23. The molecule has 1 aromatic carbocycles. The molecule has 1 aromatic heterocycles. The molecule has 0 spiro atoms.